The number of carbonyl (C=O) groups excluding carboxylic acids is 1. The van der Waals surface area contributed by atoms with Gasteiger partial charge in [-0.05, 0) is 38.0 Å². The van der Waals surface area contributed by atoms with Crippen LogP contribution in [0.4, 0.5) is 0 Å². The molecule has 1 heterocycles. The van der Waals surface area contributed by atoms with Crippen LogP contribution in [0.15, 0.2) is 22.7 Å². The first kappa shape index (κ1) is 14.3. The lowest BCUT2D eigenvalue weighted by Gasteiger charge is -2.13. The van der Waals surface area contributed by atoms with E-state index in [1.807, 2.05) is 13.0 Å². The molecule has 1 atom stereocenters. The van der Waals surface area contributed by atoms with Crippen LogP contribution in [-0.2, 0) is 4.74 Å². The molecule has 4 nitrogen and oxygen atoms in total. The van der Waals surface area contributed by atoms with Crippen LogP contribution in [-0.4, -0.2) is 31.8 Å². The normalized spacial score (nSPS) is 18.3. The van der Waals surface area contributed by atoms with Crippen LogP contribution in [0.2, 0.25) is 0 Å². The highest BCUT2D eigenvalue weighted by Crippen LogP contribution is 2.23. The predicted octanol–water partition coefficient (Wildman–Crippen LogP) is 2.76. The van der Waals surface area contributed by atoms with Crippen LogP contribution >= 0.6 is 15.9 Å². The minimum atomic E-state index is -0.125. The number of carbonyl (C=O) groups is 1. The van der Waals surface area contributed by atoms with Crippen molar-refractivity contribution < 1.29 is 14.3 Å². The molecule has 0 aliphatic carbocycles. The van der Waals surface area contributed by atoms with Gasteiger partial charge in [0.2, 0.25) is 0 Å². The third kappa shape index (κ3) is 3.94. The zero-order chi connectivity index (χ0) is 13.7. The SMILES string of the molecule is CCOc1ccc(Br)cc1C(=O)NC[C@H]1CCCO1. The van der Waals surface area contributed by atoms with Gasteiger partial charge >= 0.3 is 0 Å². The van der Waals surface area contributed by atoms with Gasteiger partial charge in [0, 0.05) is 17.6 Å². The maximum Gasteiger partial charge on any atom is 0.255 e. The minimum absolute atomic E-state index is 0.125. The van der Waals surface area contributed by atoms with Crippen LogP contribution in [0.5, 0.6) is 5.75 Å². The molecule has 0 spiro atoms. The van der Waals surface area contributed by atoms with E-state index < -0.39 is 0 Å². The van der Waals surface area contributed by atoms with Gasteiger partial charge in [0.25, 0.3) is 5.91 Å². The Balaban J connectivity index is 2.02. The Morgan fingerprint density at radius 3 is 3.11 bits per heavy atom. The van der Waals surface area contributed by atoms with E-state index in [0.717, 1.165) is 23.9 Å². The summed E-state index contributed by atoms with van der Waals surface area (Å²) < 4.78 is 11.8. The molecule has 1 saturated heterocycles. The first-order chi connectivity index (χ1) is 9.20. The first-order valence-corrected chi connectivity index (χ1v) is 7.32. The van der Waals surface area contributed by atoms with Crippen molar-refractivity contribution in [2.24, 2.45) is 0 Å². The average Bonchev–Trinajstić information content (AvgIpc) is 2.91. The number of ether oxygens (including phenoxy) is 2. The summed E-state index contributed by atoms with van der Waals surface area (Å²) in [6, 6.07) is 5.44. The Hall–Kier alpha value is -1.07. The Bertz CT molecular complexity index is 444. The molecule has 0 unspecified atom stereocenters. The Labute approximate surface area is 121 Å². The first-order valence-electron chi connectivity index (χ1n) is 6.53. The number of rotatable bonds is 5. The third-order valence-electron chi connectivity index (χ3n) is 3.00. The highest BCUT2D eigenvalue weighted by molar-refractivity contribution is 9.10. The number of halogens is 1. The van der Waals surface area contributed by atoms with E-state index in [1.165, 1.54) is 0 Å². The maximum atomic E-state index is 12.2. The topological polar surface area (TPSA) is 47.6 Å². The van der Waals surface area contributed by atoms with Gasteiger partial charge in [-0.2, -0.15) is 0 Å². The van der Waals surface area contributed by atoms with Gasteiger partial charge in [0.1, 0.15) is 5.75 Å². The van der Waals surface area contributed by atoms with Crippen molar-refractivity contribution in [3.63, 3.8) is 0 Å². The molecule has 1 fully saturated rings. The third-order valence-corrected chi connectivity index (χ3v) is 3.49. The number of amides is 1. The van der Waals surface area contributed by atoms with Gasteiger partial charge in [-0.15, -0.1) is 0 Å². The van der Waals surface area contributed by atoms with Gasteiger partial charge in [0.05, 0.1) is 18.3 Å². The van der Waals surface area contributed by atoms with Gasteiger partial charge in [-0.3, -0.25) is 4.79 Å². The van der Waals surface area contributed by atoms with Gasteiger partial charge in [-0.25, -0.2) is 0 Å². The van der Waals surface area contributed by atoms with Crippen molar-refractivity contribution in [2.45, 2.75) is 25.9 Å². The predicted molar refractivity (Wildman–Crippen MR) is 76.6 cm³/mol. The second-order valence-corrected chi connectivity index (χ2v) is 5.33. The second-order valence-electron chi connectivity index (χ2n) is 4.42. The number of hydrogen-bond acceptors (Lipinski definition) is 3. The summed E-state index contributed by atoms with van der Waals surface area (Å²) in [4.78, 5) is 12.2. The summed E-state index contributed by atoms with van der Waals surface area (Å²) in [6.07, 6.45) is 2.23. The second kappa shape index (κ2) is 6.91. The molecule has 1 aliphatic rings. The molecular weight excluding hydrogens is 310 g/mol. The monoisotopic (exact) mass is 327 g/mol. The lowest BCUT2D eigenvalue weighted by atomic mass is 10.1. The summed E-state index contributed by atoms with van der Waals surface area (Å²) >= 11 is 3.37. The summed E-state index contributed by atoms with van der Waals surface area (Å²) in [5.41, 5.74) is 0.550. The van der Waals surface area contributed by atoms with E-state index in [9.17, 15) is 4.79 Å². The highest BCUT2D eigenvalue weighted by atomic mass is 79.9. The van der Waals surface area contributed by atoms with E-state index in [4.69, 9.17) is 9.47 Å². The van der Waals surface area contributed by atoms with Gasteiger partial charge in [-0.1, -0.05) is 15.9 Å². The lowest BCUT2D eigenvalue weighted by Crippen LogP contribution is -2.32. The fraction of sp³-hybridized carbons (Fsp3) is 0.500. The van der Waals surface area contributed by atoms with Crippen molar-refractivity contribution in [3.05, 3.63) is 28.2 Å². The van der Waals surface area contributed by atoms with E-state index in [0.29, 0.717) is 24.5 Å². The summed E-state index contributed by atoms with van der Waals surface area (Å²) in [7, 11) is 0. The molecule has 0 saturated carbocycles. The van der Waals surface area contributed by atoms with Crippen molar-refractivity contribution in [3.8, 4) is 5.75 Å². The Morgan fingerprint density at radius 2 is 2.42 bits per heavy atom. The maximum absolute atomic E-state index is 12.2. The molecule has 0 radical (unpaired) electrons. The molecule has 0 aromatic heterocycles. The van der Waals surface area contributed by atoms with Crippen LogP contribution in [0.1, 0.15) is 30.1 Å². The number of hydrogen-bond donors (Lipinski definition) is 1. The van der Waals surface area contributed by atoms with Crippen molar-refractivity contribution >= 4 is 21.8 Å². The summed E-state index contributed by atoms with van der Waals surface area (Å²) in [5.74, 6) is 0.482. The molecule has 19 heavy (non-hydrogen) atoms. The van der Waals surface area contributed by atoms with Crippen molar-refractivity contribution in [1.82, 2.24) is 5.32 Å². The Morgan fingerprint density at radius 1 is 1.58 bits per heavy atom. The van der Waals surface area contributed by atoms with E-state index in [1.54, 1.807) is 12.1 Å². The summed E-state index contributed by atoms with van der Waals surface area (Å²) in [5, 5.41) is 2.90. The quantitative estimate of drug-likeness (QED) is 0.904. The zero-order valence-corrected chi connectivity index (χ0v) is 12.5. The molecule has 5 heteroatoms. The van der Waals surface area contributed by atoms with E-state index in [2.05, 4.69) is 21.2 Å². The van der Waals surface area contributed by atoms with Crippen LogP contribution in [0.3, 0.4) is 0 Å². The fourth-order valence-corrected chi connectivity index (χ4v) is 2.43. The molecule has 1 aliphatic heterocycles. The molecule has 1 N–H and O–H groups in total. The molecule has 104 valence electrons. The lowest BCUT2D eigenvalue weighted by molar-refractivity contribution is 0.0854. The number of benzene rings is 1. The molecule has 2 rings (SSSR count). The van der Waals surface area contributed by atoms with Crippen LogP contribution in [0.25, 0.3) is 0 Å². The van der Waals surface area contributed by atoms with E-state index in [-0.39, 0.29) is 12.0 Å². The van der Waals surface area contributed by atoms with Crippen molar-refractivity contribution in [2.75, 3.05) is 19.8 Å². The molecular formula is C14H18BrNO3. The standard InChI is InChI=1S/C14H18BrNO3/c1-2-18-13-6-5-10(15)8-12(13)14(17)16-9-11-4-3-7-19-11/h5-6,8,11H,2-4,7,9H2,1H3,(H,16,17)/t11-/m1/s1. The molecule has 1 amide bonds. The van der Waals surface area contributed by atoms with Crippen molar-refractivity contribution in [1.29, 1.82) is 0 Å². The van der Waals surface area contributed by atoms with Crippen LogP contribution < -0.4 is 10.1 Å². The molecule has 1 aromatic rings. The smallest absolute Gasteiger partial charge is 0.255 e. The fourth-order valence-electron chi connectivity index (χ4n) is 2.07. The number of nitrogens with one attached hydrogen (secondary N) is 1. The molecule has 0 bridgehead atoms. The molecule has 1 aromatic carbocycles. The highest BCUT2D eigenvalue weighted by Gasteiger charge is 2.18. The minimum Gasteiger partial charge on any atom is -0.493 e. The largest absolute Gasteiger partial charge is 0.493 e. The van der Waals surface area contributed by atoms with Gasteiger partial charge < -0.3 is 14.8 Å². The van der Waals surface area contributed by atoms with E-state index >= 15 is 0 Å². The Kier molecular flexibility index (Phi) is 5.22. The van der Waals surface area contributed by atoms with Crippen LogP contribution in [0, 0.1) is 0 Å². The zero-order valence-electron chi connectivity index (χ0n) is 10.9. The van der Waals surface area contributed by atoms with Gasteiger partial charge in [0.15, 0.2) is 0 Å². The summed E-state index contributed by atoms with van der Waals surface area (Å²) in [6.45, 7) is 3.78. The average molecular weight is 328 g/mol.